The summed E-state index contributed by atoms with van der Waals surface area (Å²) in [5.41, 5.74) is 0. The van der Waals surface area contributed by atoms with Crippen LogP contribution in [0.1, 0.15) is 78.6 Å². The Kier molecular flexibility index (Phi) is 11.4. The maximum absolute atomic E-state index is 8.90. The molecule has 0 heterocycles. The first kappa shape index (κ1) is 16.0. The number of rotatable bonds is 11. The van der Waals surface area contributed by atoms with Gasteiger partial charge in [0.1, 0.15) is 0 Å². The maximum Gasteiger partial charge on any atom is 0.0433 e. The first-order valence-electron chi connectivity index (χ1n) is 7.35. The Morgan fingerprint density at radius 2 is 1.62 bits per heavy atom. The third kappa shape index (κ3) is 9.21. The van der Waals surface area contributed by atoms with E-state index in [2.05, 4.69) is 20.8 Å². The molecule has 0 aliphatic carbocycles. The molecule has 0 saturated carbocycles. The van der Waals surface area contributed by atoms with Crippen LogP contribution in [0.2, 0.25) is 0 Å². The van der Waals surface area contributed by atoms with E-state index >= 15 is 0 Å². The van der Waals surface area contributed by atoms with Crippen molar-refractivity contribution in [2.24, 2.45) is 11.8 Å². The molecule has 0 saturated heterocycles. The molecule has 98 valence electrons. The topological polar surface area (TPSA) is 20.2 Å². The molecule has 0 spiro atoms. The number of aliphatic hydroxyl groups is 1. The van der Waals surface area contributed by atoms with Crippen LogP contribution in [0.25, 0.3) is 0 Å². The smallest absolute Gasteiger partial charge is 0.0433 e. The number of hydrogen-bond donors (Lipinski definition) is 1. The summed E-state index contributed by atoms with van der Waals surface area (Å²) in [6, 6.07) is 0. The van der Waals surface area contributed by atoms with Gasteiger partial charge in [0.2, 0.25) is 0 Å². The molecule has 0 aromatic heterocycles. The van der Waals surface area contributed by atoms with Crippen molar-refractivity contribution in [1.82, 2.24) is 0 Å². The molecule has 0 amide bonds. The van der Waals surface area contributed by atoms with Gasteiger partial charge in [-0.1, -0.05) is 65.7 Å². The van der Waals surface area contributed by atoms with Crippen molar-refractivity contribution < 1.29 is 5.11 Å². The first-order valence-corrected chi connectivity index (χ1v) is 7.35. The second kappa shape index (κ2) is 11.4. The van der Waals surface area contributed by atoms with Gasteiger partial charge in [-0.2, -0.15) is 0 Å². The van der Waals surface area contributed by atoms with E-state index in [1.54, 1.807) is 0 Å². The van der Waals surface area contributed by atoms with Crippen molar-refractivity contribution in [1.29, 1.82) is 0 Å². The highest BCUT2D eigenvalue weighted by molar-refractivity contribution is 4.63. The lowest BCUT2D eigenvalue weighted by molar-refractivity contribution is 0.241. The van der Waals surface area contributed by atoms with Crippen LogP contribution in [0, 0.1) is 11.8 Å². The zero-order chi connectivity index (χ0) is 12.2. The minimum absolute atomic E-state index is 0.355. The number of unbranched alkanes of at least 4 members (excludes halogenated alkanes) is 4. The molecule has 1 N–H and O–H groups in total. The summed E-state index contributed by atoms with van der Waals surface area (Å²) < 4.78 is 0. The minimum Gasteiger partial charge on any atom is -0.396 e. The molecular formula is C15H32O. The van der Waals surface area contributed by atoms with Gasteiger partial charge in [0.25, 0.3) is 0 Å². The van der Waals surface area contributed by atoms with Crippen molar-refractivity contribution >= 4 is 0 Å². The Hall–Kier alpha value is -0.0400. The SMILES string of the molecule is CCCCCCCC(CC)CC(C)CCO. The monoisotopic (exact) mass is 228 g/mol. The van der Waals surface area contributed by atoms with Gasteiger partial charge in [-0.05, 0) is 24.7 Å². The summed E-state index contributed by atoms with van der Waals surface area (Å²) in [4.78, 5) is 0. The van der Waals surface area contributed by atoms with Gasteiger partial charge < -0.3 is 5.11 Å². The molecular weight excluding hydrogens is 196 g/mol. The molecule has 1 heteroatoms. The molecule has 0 aliphatic heterocycles. The third-order valence-electron chi connectivity index (χ3n) is 3.65. The largest absolute Gasteiger partial charge is 0.396 e. The molecule has 0 aliphatic rings. The minimum atomic E-state index is 0.355. The van der Waals surface area contributed by atoms with Crippen LogP contribution in [0.3, 0.4) is 0 Å². The summed E-state index contributed by atoms with van der Waals surface area (Å²) in [7, 11) is 0. The Morgan fingerprint density at radius 1 is 0.938 bits per heavy atom. The van der Waals surface area contributed by atoms with E-state index in [1.807, 2.05) is 0 Å². The van der Waals surface area contributed by atoms with Crippen molar-refractivity contribution in [2.75, 3.05) is 6.61 Å². The van der Waals surface area contributed by atoms with Crippen molar-refractivity contribution in [3.8, 4) is 0 Å². The lowest BCUT2D eigenvalue weighted by atomic mass is 9.88. The molecule has 1 nitrogen and oxygen atoms in total. The molecule has 0 fully saturated rings. The predicted octanol–water partition coefficient (Wildman–Crippen LogP) is 4.78. The summed E-state index contributed by atoms with van der Waals surface area (Å²) in [6.07, 6.45) is 12.0. The van der Waals surface area contributed by atoms with Crippen LogP contribution in [0.4, 0.5) is 0 Å². The zero-order valence-electron chi connectivity index (χ0n) is 11.7. The maximum atomic E-state index is 8.90. The molecule has 0 aromatic carbocycles. The quantitative estimate of drug-likeness (QED) is 0.504. The fourth-order valence-electron chi connectivity index (χ4n) is 2.43. The predicted molar refractivity (Wildman–Crippen MR) is 72.6 cm³/mol. The molecule has 0 radical (unpaired) electrons. The standard InChI is InChI=1S/C15H32O/c1-4-6-7-8-9-10-15(5-2)13-14(3)11-12-16/h14-16H,4-13H2,1-3H3. The van der Waals surface area contributed by atoms with Crippen LogP contribution in [-0.2, 0) is 0 Å². The lowest BCUT2D eigenvalue weighted by Crippen LogP contribution is -2.07. The highest BCUT2D eigenvalue weighted by Gasteiger charge is 2.10. The number of aliphatic hydroxyl groups excluding tert-OH is 1. The molecule has 16 heavy (non-hydrogen) atoms. The van der Waals surface area contributed by atoms with Gasteiger partial charge in [-0.15, -0.1) is 0 Å². The van der Waals surface area contributed by atoms with Crippen LogP contribution >= 0.6 is 0 Å². The van der Waals surface area contributed by atoms with E-state index in [4.69, 9.17) is 5.11 Å². The lowest BCUT2D eigenvalue weighted by Gasteiger charge is -2.19. The van der Waals surface area contributed by atoms with Crippen LogP contribution in [0.5, 0.6) is 0 Å². The zero-order valence-corrected chi connectivity index (χ0v) is 11.7. The Labute approximate surface area is 103 Å². The fraction of sp³-hybridized carbons (Fsp3) is 1.00. The highest BCUT2D eigenvalue weighted by Crippen LogP contribution is 2.23. The molecule has 0 rings (SSSR count). The first-order chi connectivity index (χ1) is 7.74. The molecule has 0 bridgehead atoms. The molecule has 2 atom stereocenters. The van der Waals surface area contributed by atoms with E-state index in [0.717, 1.165) is 12.3 Å². The van der Waals surface area contributed by atoms with Gasteiger partial charge in [0.05, 0.1) is 0 Å². The van der Waals surface area contributed by atoms with E-state index < -0.39 is 0 Å². The number of hydrogen-bond acceptors (Lipinski definition) is 1. The molecule has 0 aromatic rings. The second-order valence-electron chi connectivity index (χ2n) is 5.33. The van der Waals surface area contributed by atoms with Crippen LogP contribution in [-0.4, -0.2) is 11.7 Å². The summed E-state index contributed by atoms with van der Waals surface area (Å²) >= 11 is 0. The van der Waals surface area contributed by atoms with Crippen LogP contribution in [0.15, 0.2) is 0 Å². The van der Waals surface area contributed by atoms with Gasteiger partial charge in [-0.3, -0.25) is 0 Å². The highest BCUT2D eigenvalue weighted by atomic mass is 16.3. The summed E-state index contributed by atoms with van der Waals surface area (Å²) in [6.45, 7) is 7.21. The van der Waals surface area contributed by atoms with E-state index in [0.29, 0.717) is 12.5 Å². The molecule has 2 unspecified atom stereocenters. The Balaban J connectivity index is 3.50. The normalized spacial score (nSPS) is 15.0. The third-order valence-corrected chi connectivity index (χ3v) is 3.65. The Bertz CT molecular complexity index is 133. The summed E-state index contributed by atoms with van der Waals surface area (Å²) in [5.74, 6) is 1.59. The Morgan fingerprint density at radius 3 is 2.19 bits per heavy atom. The van der Waals surface area contributed by atoms with Crippen LogP contribution < -0.4 is 0 Å². The van der Waals surface area contributed by atoms with E-state index in [9.17, 15) is 0 Å². The fourth-order valence-corrected chi connectivity index (χ4v) is 2.43. The van der Waals surface area contributed by atoms with E-state index in [1.165, 1.54) is 51.4 Å². The van der Waals surface area contributed by atoms with Gasteiger partial charge in [-0.25, -0.2) is 0 Å². The van der Waals surface area contributed by atoms with E-state index in [-0.39, 0.29) is 0 Å². The van der Waals surface area contributed by atoms with Gasteiger partial charge in [0.15, 0.2) is 0 Å². The summed E-state index contributed by atoms with van der Waals surface area (Å²) in [5, 5.41) is 8.90. The van der Waals surface area contributed by atoms with Crippen molar-refractivity contribution in [2.45, 2.75) is 78.6 Å². The van der Waals surface area contributed by atoms with Gasteiger partial charge in [0, 0.05) is 6.61 Å². The van der Waals surface area contributed by atoms with Crippen molar-refractivity contribution in [3.05, 3.63) is 0 Å². The van der Waals surface area contributed by atoms with Crippen molar-refractivity contribution in [3.63, 3.8) is 0 Å². The average molecular weight is 228 g/mol. The second-order valence-corrected chi connectivity index (χ2v) is 5.33. The van der Waals surface area contributed by atoms with Gasteiger partial charge >= 0.3 is 0 Å². The average Bonchev–Trinajstić information content (AvgIpc) is 2.27.